The molecule has 1 heterocycles. The second kappa shape index (κ2) is 10.3. The molecule has 6 heteroatoms. The van der Waals surface area contributed by atoms with Crippen molar-refractivity contribution in [1.29, 1.82) is 0 Å². The summed E-state index contributed by atoms with van der Waals surface area (Å²) in [7, 11) is 1.81. The lowest BCUT2D eigenvalue weighted by Gasteiger charge is -2.52. The maximum atomic E-state index is 6.01. The van der Waals surface area contributed by atoms with Gasteiger partial charge in [-0.3, -0.25) is 9.98 Å². The number of aromatic nitrogens is 1. The molecule has 1 saturated carbocycles. The summed E-state index contributed by atoms with van der Waals surface area (Å²) >= 11 is 0. The zero-order valence-corrected chi connectivity index (χ0v) is 18.5. The normalized spacial score (nSPS) is 21.9. The Kier molecular flexibility index (Phi) is 9.13. The first-order valence-electron chi connectivity index (χ1n) is 8.98. The van der Waals surface area contributed by atoms with E-state index in [1.807, 2.05) is 19.3 Å². The molecule has 2 atom stereocenters. The summed E-state index contributed by atoms with van der Waals surface area (Å²) in [5.41, 5.74) is 2.36. The lowest BCUT2D eigenvalue weighted by atomic mass is 9.64. The van der Waals surface area contributed by atoms with E-state index in [1.54, 1.807) is 0 Å². The number of nitrogens with one attached hydrogen (secondary N) is 2. The average Bonchev–Trinajstić information content (AvgIpc) is 2.57. The van der Waals surface area contributed by atoms with E-state index >= 15 is 0 Å². The van der Waals surface area contributed by atoms with Gasteiger partial charge in [-0.15, -0.1) is 24.0 Å². The van der Waals surface area contributed by atoms with Crippen LogP contribution < -0.4 is 10.6 Å². The van der Waals surface area contributed by atoms with Crippen molar-refractivity contribution < 1.29 is 4.74 Å². The summed E-state index contributed by atoms with van der Waals surface area (Å²) < 4.78 is 6.01. The van der Waals surface area contributed by atoms with Gasteiger partial charge in [0.15, 0.2) is 5.96 Å². The molecule has 5 nitrogen and oxygen atoms in total. The van der Waals surface area contributed by atoms with Crippen molar-refractivity contribution in [2.24, 2.45) is 10.4 Å². The minimum atomic E-state index is 0. The number of nitrogens with zero attached hydrogens (tertiary/aromatic N) is 2. The summed E-state index contributed by atoms with van der Waals surface area (Å²) in [6.07, 6.45) is 5.50. The first kappa shape index (κ1) is 22.2. The lowest BCUT2D eigenvalue weighted by Crippen LogP contribution is -2.63. The highest BCUT2D eigenvalue weighted by Crippen LogP contribution is 2.42. The van der Waals surface area contributed by atoms with Gasteiger partial charge >= 0.3 is 0 Å². The maximum absolute atomic E-state index is 6.01. The van der Waals surface area contributed by atoms with Crippen molar-refractivity contribution in [2.45, 2.75) is 65.6 Å². The summed E-state index contributed by atoms with van der Waals surface area (Å²) in [5, 5.41) is 6.90. The average molecular weight is 460 g/mol. The Morgan fingerprint density at radius 3 is 2.80 bits per heavy atom. The van der Waals surface area contributed by atoms with Crippen molar-refractivity contribution in [3.05, 3.63) is 29.6 Å². The molecule has 0 radical (unpaired) electrons. The number of halogens is 1. The summed E-state index contributed by atoms with van der Waals surface area (Å²) in [6.45, 7) is 10.3. The molecule has 1 aliphatic rings. The molecular weight excluding hydrogens is 427 g/mol. The Morgan fingerprint density at radius 2 is 2.20 bits per heavy atom. The number of guanidine groups is 1. The van der Waals surface area contributed by atoms with Gasteiger partial charge in [0.25, 0.3) is 0 Å². The maximum Gasteiger partial charge on any atom is 0.191 e. The largest absolute Gasteiger partial charge is 0.378 e. The monoisotopic (exact) mass is 460 g/mol. The molecule has 2 rings (SSSR count). The van der Waals surface area contributed by atoms with Crippen LogP contribution in [0.25, 0.3) is 0 Å². The second-order valence-corrected chi connectivity index (χ2v) is 7.16. The number of pyridine rings is 1. The molecule has 1 aromatic rings. The van der Waals surface area contributed by atoms with Crippen molar-refractivity contribution >= 4 is 29.9 Å². The van der Waals surface area contributed by atoms with Gasteiger partial charge in [-0.2, -0.15) is 0 Å². The predicted octanol–water partition coefficient (Wildman–Crippen LogP) is 3.66. The Morgan fingerprint density at radius 1 is 1.44 bits per heavy atom. The Hall–Kier alpha value is -0.890. The zero-order valence-electron chi connectivity index (χ0n) is 16.1. The van der Waals surface area contributed by atoms with Crippen molar-refractivity contribution in [2.75, 3.05) is 13.7 Å². The molecule has 1 aliphatic carbocycles. The van der Waals surface area contributed by atoms with Crippen LogP contribution in [0.15, 0.2) is 23.3 Å². The first-order chi connectivity index (χ1) is 11.5. The molecule has 2 unspecified atom stereocenters. The van der Waals surface area contributed by atoms with Crippen molar-refractivity contribution in [3.63, 3.8) is 0 Å². The number of ether oxygens (including phenoxy) is 1. The van der Waals surface area contributed by atoms with Crippen LogP contribution in [0.3, 0.4) is 0 Å². The van der Waals surface area contributed by atoms with Crippen LogP contribution in [0, 0.1) is 12.3 Å². The van der Waals surface area contributed by atoms with E-state index in [0.717, 1.165) is 31.1 Å². The highest BCUT2D eigenvalue weighted by Gasteiger charge is 2.49. The molecular formula is C19H33IN4O. The van der Waals surface area contributed by atoms with Gasteiger partial charge in [-0.1, -0.05) is 33.3 Å². The van der Waals surface area contributed by atoms with Crippen LogP contribution in [-0.4, -0.2) is 36.7 Å². The molecule has 0 bridgehead atoms. The number of hydrogen-bond acceptors (Lipinski definition) is 3. The minimum absolute atomic E-state index is 0. The third kappa shape index (κ3) is 5.81. The van der Waals surface area contributed by atoms with Gasteiger partial charge in [0.2, 0.25) is 0 Å². The Balaban J connectivity index is 0.00000312. The SMILES string of the molecule is CCCCOC1CC(NC(=NC)NCc2ncccc2C)C1(C)C.I. The number of hydrogen-bond donors (Lipinski definition) is 2. The molecule has 0 spiro atoms. The standard InChI is InChI=1S/C19H32N4O.HI/c1-6-7-11-24-17-12-16(19(17,3)4)23-18(20-5)22-13-15-14(2)9-8-10-21-15;/h8-10,16-17H,6-7,11-13H2,1-5H3,(H2,20,22,23);1H. The van der Waals surface area contributed by atoms with Crippen LogP contribution in [0.1, 0.15) is 51.3 Å². The number of unbranched alkanes of at least 4 members (excludes halogenated alkanes) is 1. The third-order valence-corrected chi connectivity index (χ3v) is 5.07. The molecule has 142 valence electrons. The lowest BCUT2D eigenvalue weighted by molar-refractivity contribution is -0.113. The minimum Gasteiger partial charge on any atom is -0.378 e. The molecule has 1 fully saturated rings. The molecule has 1 aromatic heterocycles. The van der Waals surface area contributed by atoms with Crippen LogP contribution >= 0.6 is 24.0 Å². The molecule has 0 amide bonds. The predicted molar refractivity (Wildman–Crippen MR) is 115 cm³/mol. The van der Waals surface area contributed by atoms with Crippen LogP contribution in [-0.2, 0) is 11.3 Å². The quantitative estimate of drug-likeness (QED) is 0.282. The fraction of sp³-hybridized carbons (Fsp3) is 0.684. The second-order valence-electron chi connectivity index (χ2n) is 7.16. The van der Waals surface area contributed by atoms with Crippen LogP contribution in [0.2, 0.25) is 0 Å². The van der Waals surface area contributed by atoms with E-state index < -0.39 is 0 Å². The Labute approximate surface area is 169 Å². The fourth-order valence-electron chi connectivity index (χ4n) is 3.01. The van der Waals surface area contributed by atoms with Gasteiger partial charge in [-0.05, 0) is 31.4 Å². The van der Waals surface area contributed by atoms with Gasteiger partial charge in [0, 0.05) is 31.3 Å². The topological polar surface area (TPSA) is 58.5 Å². The van der Waals surface area contributed by atoms with Crippen molar-refractivity contribution in [1.82, 2.24) is 15.6 Å². The van der Waals surface area contributed by atoms with Gasteiger partial charge in [-0.25, -0.2) is 0 Å². The number of aryl methyl sites for hydroxylation is 1. The van der Waals surface area contributed by atoms with E-state index in [4.69, 9.17) is 4.74 Å². The van der Waals surface area contributed by atoms with E-state index in [1.165, 1.54) is 12.0 Å². The summed E-state index contributed by atoms with van der Waals surface area (Å²) in [4.78, 5) is 8.76. The number of aliphatic imine (C=N–C) groups is 1. The van der Waals surface area contributed by atoms with Gasteiger partial charge in [0.05, 0.1) is 18.3 Å². The van der Waals surface area contributed by atoms with Crippen LogP contribution in [0.4, 0.5) is 0 Å². The van der Waals surface area contributed by atoms with Gasteiger partial charge in [0.1, 0.15) is 0 Å². The van der Waals surface area contributed by atoms with E-state index in [-0.39, 0.29) is 29.4 Å². The van der Waals surface area contributed by atoms with Gasteiger partial charge < -0.3 is 15.4 Å². The molecule has 2 N–H and O–H groups in total. The molecule has 25 heavy (non-hydrogen) atoms. The zero-order chi connectivity index (χ0) is 17.6. The van der Waals surface area contributed by atoms with E-state index in [0.29, 0.717) is 18.7 Å². The summed E-state index contributed by atoms with van der Waals surface area (Å²) in [6, 6.07) is 4.41. The molecule has 0 aliphatic heterocycles. The first-order valence-corrected chi connectivity index (χ1v) is 8.98. The highest BCUT2D eigenvalue weighted by molar-refractivity contribution is 14.0. The smallest absolute Gasteiger partial charge is 0.191 e. The fourth-order valence-corrected chi connectivity index (χ4v) is 3.01. The Bertz CT molecular complexity index is 562. The highest BCUT2D eigenvalue weighted by atomic mass is 127. The van der Waals surface area contributed by atoms with Crippen LogP contribution in [0.5, 0.6) is 0 Å². The molecule has 0 aromatic carbocycles. The summed E-state index contributed by atoms with van der Waals surface area (Å²) in [5.74, 6) is 0.824. The third-order valence-electron chi connectivity index (χ3n) is 5.07. The molecule has 0 saturated heterocycles. The van der Waals surface area contributed by atoms with E-state index in [2.05, 4.69) is 54.4 Å². The van der Waals surface area contributed by atoms with Crippen molar-refractivity contribution in [3.8, 4) is 0 Å². The van der Waals surface area contributed by atoms with E-state index in [9.17, 15) is 0 Å². The number of rotatable bonds is 7.